The molecule has 1 aliphatic carbocycles. The van der Waals surface area contributed by atoms with Gasteiger partial charge in [0, 0.05) is 34.6 Å². The average Bonchev–Trinajstić information content (AvgIpc) is 3.40. The molecule has 0 amide bonds. The van der Waals surface area contributed by atoms with Crippen molar-refractivity contribution in [2.24, 2.45) is 0 Å². The van der Waals surface area contributed by atoms with Gasteiger partial charge >= 0.3 is 0 Å². The Morgan fingerprint density at radius 2 is 1.16 bits per heavy atom. The van der Waals surface area contributed by atoms with Gasteiger partial charge in [0.1, 0.15) is 0 Å². The third-order valence-electron chi connectivity index (χ3n) is 8.84. The largest absolute Gasteiger partial charge is 0.309 e. The summed E-state index contributed by atoms with van der Waals surface area (Å²) in [4.78, 5) is 4.33. The predicted molar refractivity (Wildman–Crippen MR) is 180 cm³/mol. The Morgan fingerprint density at radius 1 is 0.512 bits per heavy atom. The lowest BCUT2D eigenvalue weighted by molar-refractivity contribution is 1.13. The maximum Gasteiger partial charge on any atom is 0.0625 e. The van der Waals surface area contributed by atoms with E-state index in [2.05, 4.69) is 151 Å². The van der Waals surface area contributed by atoms with Crippen molar-refractivity contribution in [2.45, 2.75) is 13.8 Å². The lowest BCUT2D eigenvalue weighted by Crippen LogP contribution is -2.05. The van der Waals surface area contributed by atoms with Crippen LogP contribution in [-0.2, 0) is 0 Å². The maximum atomic E-state index is 4.33. The lowest BCUT2D eigenvalue weighted by Gasteiger charge is -2.25. The van der Waals surface area contributed by atoms with E-state index in [-0.39, 0.29) is 0 Å². The van der Waals surface area contributed by atoms with Gasteiger partial charge in [-0.2, -0.15) is 0 Å². The Kier molecular flexibility index (Phi) is 5.94. The fourth-order valence-electron chi connectivity index (χ4n) is 6.85. The topological polar surface area (TPSA) is 17.8 Å². The number of para-hydroxylation sites is 1. The second-order valence-electron chi connectivity index (χ2n) is 11.3. The molecule has 0 spiro atoms. The summed E-state index contributed by atoms with van der Waals surface area (Å²) in [6.07, 6.45) is 3.74. The average molecular weight is 551 g/mol. The van der Waals surface area contributed by atoms with Crippen LogP contribution in [0.1, 0.15) is 29.2 Å². The number of benzene rings is 5. The van der Waals surface area contributed by atoms with Crippen LogP contribution in [0.4, 0.5) is 0 Å². The zero-order valence-corrected chi connectivity index (χ0v) is 24.3. The Balaban J connectivity index is 1.50. The number of allylic oxidation sites excluding steroid dienone is 1. The molecule has 2 aromatic heterocycles. The van der Waals surface area contributed by atoms with Gasteiger partial charge < -0.3 is 4.57 Å². The molecule has 2 nitrogen and oxygen atoms in total. The fraction of sp³-hybridized carbons (Fsp3) is 0.0488. The summed E-state index contributed by atoms with van der Waals surface area (Å²) in [5, 5.41) is 1.25. The standard InChI is InChI=1S/C41H30N2/c1-27-12-3-4-14-32(27)39-28(2)33-15-5-6-16-34(33)40-37-19-9-10-20-38(37)43(41(40)36-18-8-7-17-35(36)39)31-23-21-29(22-24-31)30-13-11-25-42-26-30/h3-26H,1-2H3/b33-28?,39-28-,39-35?,40-34?,41-36?. The first-order chi connectivity index (χ1) is 21.2. The minimum Gasteiger partial charge on any atom is -0.309 e. The normalized spacial score (nSPS) is 14.0. The molecule has 5 aromatic carbocycles. The molecule has 0 fully saturated rings. The fourth-order valence-corrected chi connectivity index (χ4v) is 6.85. The van der Waals surface area contributed by atoms with Crippen molar-refractivity contribution in [1.82, 2.24) is 9.55 Å². The highest BCUT2D eigenvalue weighted by atomic mass is 15.0. The van der Waals surface area contributed by atoms with Crippen molar-refractivity contribution < 1.29 is 0 Å². The summed E-state index contributed by atoms with van der Waals surface area (Å²) >= 11 is 0. The SMILES string of the molecule is C/C1=C(\c2ccccc2C)c2ccccc2-c2c(c3ccccc3n2-c2ccc(-c3cccnc3)cc2)-c2ccccc21. The quantitative estimate of drug-likeness (QED) is 0.214. The highest BCUT2D eigenvalue weighted by molar-refractivity contribution is 6.14. The molecule has 7 aromatic rings. The highest BCUT2D eigenvalue weighted by Crippen LogP contribution is 2.50. The molecule has 204 valence electrons. The molecule has 0 N–H and O–H groups in total. The molecule has 2 heterocycles. The van der Waals surface area contributed by atoms with Gasteiger partial charge in [0.05, 0.1) is 11.2 Å². The van der Waals surface area contributed by atoms with Crippen LogP contribution in [0.15, 0.2) is 146 Å². The minimum absolute atomic E-state index is 1.12. The van der Waals surface area contributed by atoms with E-state index in [0.717, 1.165) is 16.8 Å². The molecule has 0 unspecified atom stereocenters. The zero-order valence-electron chi connectivity index (χ0n) is 24.3. The number of rotatable bonds is 3. The van der Waals surface area contributed by atoms with Crippen LogP contribution in [0.2, 0.25) is 0 Å². The van der Waals surface area contributed by atoms with E-state index in [1.807, 2.05) is 18.5 Å². The molecule has 0 saturated heterocycles. The van der Waals surface area contributed by atoms with E-state index >= 15 is 0 Å². The van der Waals surface area contributed by atoms with Crippen molar-refractivity contribution in [3.05, 3.63) is 168 Å². The number of aryl methyl sites for hydroxylation is 1. The number of pyridine rings is 1. The van der Waals surface area contributed by atoms with Crippen LogP contribution in [0.25, 0.3) is 61.2 Å². The molecule has 0 aliphatic heterocycles. The zero-order chi connectivity index (χ0) is 28.9. The summed E-state index contributed by atoms with van der Waals surface area (Å²) in [6, 6.07) is 48.5. The van der Waals surface area contributed by atoms with Gasteiger partial charge in [0.25, 0.3) is 0 Å². The minimum atomic E-state index is 1.12. The number of aromatic nitrogens is 2. The van der Waals surface area contributed by atoms with Crippen LogP contribution < -0.4 is 0 Å². The monoisotopic (exact) mass is 550 g/mol. The first-order valence-corrected chi connectivity index (χ1v) is 14.8. The number of fused-ring (bicyclic) bond motifs is 7. The molecule has 0 radical (unpaired) electrons. The first kappa shape index (κ1) is 25.3. The van der Waals surface area contributed by atoms with Gasteiger partial charge in [0.15, 0.2) is 0 Å². The lowest BCUT2D eigenvalue weighted by atomic mass is 9.80. The van der Waals surface area contributed by atoms with E-state index in [1.54, 1.807) is 0 Å². The van der Waals surface area contributed by atoms with Crippen LogP contribution in [0.5, 0.6) is 0 Å². The van der Waals surface area contributed by atoms with Gasteiger partial charge in [-0.3, -0.25) is 4.98 Å². The molecule has 43 heavy (non-hydrogen) atoms. The van der Waals surface area contributed by atoms with Crippen LogP contribution in [0, 0.1) is 6.92 Å². The number of hydrogen-bond acceptors (Lipinski definition) is 1. The Labute approximate surface area is 252 Å². The summed E-state index contributed by atoms with van der Waals surface area (Å²) < 4.78 is 2.46. The molecule has 2 heteroatoms. The molecule has 0 atom stereocenters. The molecule has 0 bridgehead atoms. The van der Waals surface area contributed by atoms with Crippen molar-refractivity contribution in [3.63, 3.8) is 0 Å². The van der Waals surface area contributed by atoms with Crippen molar-refractivity contribution in [3.8, 4) is 39.2 Å². The molecule has 1 aliphatic rings. The van der Waals surface area contributed by atoms with Gasteiger partial charge in [-0.15, -0.1) is 0 Å². The predicted octanol–water partition coefficient (Wildman–Crippen LogP) is 10.6. The number of hydrogen-bond donors (Lipinski definition) is 0. The van der Waals surface area contributed by atoms with Crippen molar-refractivity contribution >= 4 is 22.0 Å². The third-order valence-corrected chi connectivity index (χ3v) is 8.84. The van der Waals surface area contributed by atoms with E-state index in [4.69, 9.17) is 0 Å². The summed E-state index contributed by atoms with van der Waals surface area (Å²) in [5.41, 5.74) is 17.2. The Bertz CT molecular complexity index is 2180. The molecule has 0 saturated carbocycles. The highest BCUT2D eigenvalue weighted by Gasteiger charge is 2.28. The first-order valence-electron chi connectivity index (χ1n) is 14.8. The van der Waals surface area contributed by atoms with Gasteiger partial charge in [0.2, 0.25) is 0 Å². The molecule has 8 rings (SSSR count). The van der Waals surface area contributed by atoms with Crippen molar-refractivity contribution in [1.29, 1.82) is 0 Å². The van der Waals surface area contributed by atoms with Gasteiger partial charge in [-0.25, -0.2) is 0 Å². The summed E-state index contributed by atoms with van der Waals surface area (Å²) in [7, 11) is 0. The third kappa shape index (κ3) is 3.99. The van der Waals surface area contributed by atoms with Crippen LogP contribution in [-0.4, -0.2) is 9.55 Å². The van der Waals surface area contributed by atoms with Crippen molar-refractivity contribution in [2.75, 3.05) is 0 Å². The smallest absolute Gasteiger partial charge is 0.0625 e. The Morgan fingerprint density at radius 3 is 1.91 bits per heavy atom. The maximum absolute atomic E-state index is 4.33. The van der Waals surface area contributed by atoms with Gasteiger partial charge in [-0.05, 0) is 88.2 Å². The van der Waals surface area contributed by atoms with E-state index in [1.165, 1.54) is 66.7 Å². The van der Waals surface area contributed by atoms with E-state index in [0.29, 0.717) is 0 Å². The second kappa shape index (κ2) is 10.1. The molecular formula is C41H30N2. The van der Waals surface area contributed by atoms with Crippen LogP contribution in [0.3, 0.4) is 0 Å². The second-order valence-corrected chi connectivity index (χ2v) is 11.3. The number of nitrogens with zero attached hydrogens (tertiary/aromatic N) is 2. The summed E-state index contributed by atoms with van der Waals surface area (Å²) in [5.74, 6) is 0. The molecular weight excluding hydrogens is 520 g/mol. The van der Waals surface area contributed by atoms with Crippen LogP contribution >= 0.6 is 0 Å². The summed E-state index contributed by atoms with van der Waals surface area (Å²) in [6.45, 7) is 4.51. The van der Waals surface area contributed by atoms with Gasteiger partial charge in [-0.1, -0.05) is 109 Å². The van der Waals surface area contributed by atoms with E-state index < -0.39 is 0 Å². The van der Waals surface area contributed by atoms with E-state index in [9.17, 15) is 0 Å². The Hall–Kier alpha value is -5.47.